The minimum absolute atomic E-state index is 0.0448. The zero-order chi connectivity index (χ0) is 28.4. The second kappa shape index (κ2) is 8.55. The molecule has 0 radical (unpaired) electrons. The summed E-state index contributed by atoms with van der Waals surface area (Å²) in [4.78, 5) is 7.93. The van der Waals surface area contributed by atoms with Gasteiger partial charge in [-0.2, -0.15) is 66.7 Å². The van der Waals surface area contributed by atoms with E-state index in [1.807, 2.05) is 0 Å². The van der Waals surface area contributed by atoms with Crippen molar-refractivity contribution >= 4 is 17.4 Å². The number of alkyl halides is 13. The Labute approximate surface area is 200 Å². The van der Waals surface area contributed by atoms with E-state index >= 15 is 0 Å². The summed E-state index contributed by atoms with van der Waals surface area (Å²) < 4.78 is 175. The molecule has 37 heavy (non-hydrogen) atoms. The first-order chi connectivity index (χ1) is 16.6. The average molecular weight is 576 g/mol. The quantitative estimate of drug-likeness (QED) is 0.259. The number of fused-ring (bicyclic) bond motifs is 1. The topological polar surface area (TPSA) is 68.9 Å². The Morgan fingerprint density at radius 1 is 0.676 bits per heavy atom. The van der Waals surface area contributed by atoms with Gasteiger partial charge in [-0.3, -0.25) is 0 Å². The molecule has 0 aromatic carbocycles. The van der Waals surface area contributed by atoms with Crippen LogP contribution in [0.2, 0.25) is 0 Å². The fourth-order valence-corrected chi connectivity index (χ4v) is 3.59. The summed E-state index contributed by atoms with van der Waals surface area (Å²) in [6.45, 7) is 3.10. The van der Waals surface area contributed by atoms with Gasteiger partial charge in [-0.25, -0.2) is 9.97 Å². The summed E-state index contributed by atoms with van der Waals surface area (Å²) in [5.41, 5.74) is 0.0454. The molecule has 0 fully saturated rings. The fourth-order valence-electron chi connectivity index (χ4n) is 2.76. The van der Waals surface area contributed by atoms with Crippen LogP contribution < -0.4 is 0 Å². The highest BCUT2D eigenvalue weighted by Crippen LogP contribution is 2.61. The summed E-state index contributed by atoms with van der Waals surface area (Å²) in [6.07, 6.45) is -7.50. The molecule has 0 spiro atoms. The standard InChI is InChI=1S/C17H9F13N6S/c1-6-5-7(2)32-11(31-6)37-9-4-3-8-33-34-10(36(8)35-9)12(18,19)13(20,21)14(22,23)15(24,25)16(26,27)17(28,29)30/h3-5H,1-2H3. The first kappa shape index (κ1) is 28.6. The average Bonchev–Trinajstić information content (AvgIpc) is 3.15. The molecule has 0 saturated carbocycles. The zero-order valence-corrected chi connectivity index (χ0v) is 18.6. The molecule has 3 heterocycles. The lowest BCUT2D eigenvalue weighted by Gasteiger charge is -2.39. The van der Waals surface area contributed by atoms with Crippen molar-refractivity contribution in [3.8, 4) is 0 Å². The van der Waals surface area contributed by atoms with E-state index in [0.717, 1.165) is 12.1 Å². The van der Waals surface area contributed by atoms with E-state index in [4.69, 9.17) is 0 Å². The van der Waals surface area contributed by atoms with Crippen molar-refractivity contribution in [3.05, 3.63) is 35.4 Å². The van der Waals surface area contributed by atoms with Crippen molar-refractivity contribution in [2.24, 2.45) is 0 Å². The van der Waals surface area contributed by atoms with Crippen LogP contribution in [-0.2, 0) is 5.92 Å². The molecule has 0 unspecified atom stereocenters. The molecule has 0 bridgehead atoms. The Morgan fingerprint density at radius 3 is 1.70 bits per heavy atom. The summed E-state index contributed by atoms with van der Waals surface area (Å²) in [6, 6.07) is 3.38. The first-order valence-electron chi connectivity index (χ1n) is 9.27. The third kappa shape index (κ3) is 4.31. The van der Waals surface area contributed by atoms with Crippen LogP contribution in [0.4, 0.5) is 57.1 Å². The highest BCUT2D eigenvalue weighted by Gasteiger charge is 2.91. The van der Waals surface area contributed by atoms with E-state index in [1.165, 1.54) is 0 Å². The predicted octanol–water partition coefficient (Wildman–Crippen LogP) is 5.88. The summed E-state index contributed by atoms with van der Waals surface area (Å²) in [5.74, 6) is -40.5. The van der Waals surface area contributed by atoms with Crippen molar-refractivity contribution in [2.75, 3.05) is 0 Å². The van der Waals surface area contributed by atoms with Gasteiger partial charge in [0.05, 0.1) is 0 Å². The van der Waals surface area contributed by atoms with Gasteiger partial charge in [-0.1, -0.05) is 0 Å². The van der Waals surface area contributed by atoms with Crippen molar-refractivity contribution in [1.29, 1.82) is 0 Å². The Morgan fingerprint density at radius 2 is 1.19 bits per heavy atom. The van der Waals surface area contributed by atoms with E-state index in [1.54, 1.807) is 19.9 Å². The lowest BCUT2D eigenvalue weighted by Crippen LogP contribution is -2.69. The number of hydrogen-bond donors (Lipinski definition) is 0. The predicted molar refractivity (Wildman–Crippen MR) is 96.1 cm³/mol. The van der Waals surface area contributed by atoms with Gasteiger partial charge in [0.15, 0.2) is 10.8 Å². The molecule has 20 heteroatoms. The van der Waals surface area contributed by atoms with Crippen LogP contribution >= 0.6 is 11.8 Å². The molecule has 0 atom stereocenters. The second-order valence-corrected chi connectivity index (χ2v) is 8.36. The van der Waals surface area contributed by atoms with E-state index in [-0.39, 0.29) is 14.7 Å². The Kier molecular flexibility index (Phi) is 6.62. The number of aromatic nitrogens is 6. The molecule has 3 aromatic rings. The number of nitrogens with zero attached hydrogens (tertiary/aromatic N) is 6. The number of aryl methyl sites for hydroxylation is 2. The zero-order valence-electron chi connectivity index (χ0n) is 17.7. The second-order valence-electron chi connectivity index (χ2n) is 7.37. The Hall–Kier alpha value is -2.93. The SMILES string of the molecule is Cc1cc(C)nc(Sc2ccc3nnc(C(F)(F)C(F)(F)C(F)(F)C(F)(F)C(F)(F)C(F)(F)F)n3n2)n1. The van der Waals surface area contributed by atoms with Gasteiger partial charge in [0.2, 0.25) is 5.82 Å². The van der Waals surface area contributed by atoms with Crippen LogP contribution in [-0.4, -0.2) is 59.6 Å². The monoisotopic (exact) mass is 576 g/mol. The molecule has 0 aliphatic carbocycles. The normalized spacial score (nSPS) is 14.5. The largest absolute Gasteiger partial charge is 0.460 e. The van der Waals surface area contributed by atoms with Crippen LogP contribution in [0.5, 0.6) is 0 Å². The molecule has 0 N–H and O–H groups in total. The third-order valence-corrected chi connectivity index (χ3v) is 5.40. The summed E-state index contributed by atoms with van der Waals surface area (Å²) >= 11 is 0.542. The van der Waals surface area contributed by atoms with Crippen LogP contribution in [0.1, 0.15) is 17.2 Å². The Balaban J connectivity index is 2.10. The van der Waals surface area contributed by atoms with Crippen LogP contribution in [0, 0.1) is 13.8 Å². The molecule has 0 saturated heterocycles. The van der Waals surface area contributed by atoms with Gasteiger partial charge in [-0.15, -0.1) is 10.2 Å². The van der Waals surface area contributed by atoms with Gasteiger partial charge < -0.3 is 0 Å². The van der Waals surface area contributed by atoms with Gasteiger partial charge in [0.1, 0.15) is 5.03 Å². The van der Waals surface area contributed by atoms with Crippen molar-refractivity contribution in [2.45, 2.75) is 59.8 Å². The maximum Gasteiger partial charge on any atom is 0.460 e. The molecule has 0 aliphatic rings. The van der Waals surface area contributed by atoms with E-state index in [2.05, 4.69) is 25.3 Å². The van der Waals surface area contributed by atoms with Crippen LogP contribution in [0.25, 0.3) is 5.65 Å². The van der Waals surface area contributed by atoms with Crippen LogP contribution in [0.3, 0.4) is 0 Å². The number of halogens is 13. The molecule has 0 aliphatic heterocycles. The van der Waals surface area contributed by atoms with Crippen molar-refractivity contribution < 1.29 is 57.1 Å². The summed E-state index contributed by atoms with van der Waals surface area (Å²) in [7, 11) is 0. The highest BCUT2D eigenvalue weighted by atomic mass is 32.2. The number of hydrogen-bond acceptors (Lipinski definition) is 6. The van der Waals surface area contributed by atoms with E-state index < -0.39 is 47.3 Å². The maximum atomic E-state index is 14.6. The lowest BCUT2D eigenvalue weighted by atomic mass is 9.93. The van der Waals surface area contributed by atoms with E-state index in [9.17, 15) is 57.1 Å². The van der Waals surface area contributed by atoms with Gasteiger partial charge in [-0.05, 0) is 43.8 Å². The maximum absolute atomic E-state index is 14.6. The minimum atomic E-state index is -8.03. The Bertz CT molecular complexity index is 1300. The molecule has 204 valence electrons. The third-order valence-electron chi connectivity index (χ3n) is 4.61. The van der Waals surface area contributed by atoms with Crippen molar-refractivity contribution in [1.82, 2.24) is 29.8 Å². The van der Waals surface area contributed by atoms with E-state index in [0.29, 0.717) is 23.1 Å². The van der Waals surface area contributed by atoms with Crippen molar-refractivity contribution in [3.63, 3.8) is 0 Å². The smallest absolute Gasteiger partial charge is 0.228 e. The van der Waals surface area contributed by atoms with Gasteiger partial charge >= 0.3 is 35.8 Å². The highest BCUT2D eigenvalue weighted by molar-refractivity contribution is 7.99. The first-order valence-corrected chi connectivity index (χ1v) is 10.1. The molecule has 6 nitrogen and oxygen atoms in total. The van der Waals surface area contributed by atoms with Gasteiger partial charge in [0.25, 0.3) is 0 Å². The minimum Gasteiger partial charge on any atom is -0.228 e. The summed E-state index contributed by atoms with van der Waals surface area (Å²) in [5, 5.41) is 8.45. The van der Waals surface area contributed by atoms with Crippen LogP contribution in [0.15, 0.2) is 28.4 Å². The lowest BCUT2D eigenvalue weighted by molar-refractivity contribution is -0.442. The molecular formula is C17H9F13N6S. The fraction of sp³-hybridized carbons (Fsp3) is 0.471. The molecular weight excluding hydrogens is 567 g/mol. The molecule has 0 amide bonds. The molecule has 3 aromatic heterocycles. The number of rotatable bonds is 7. The van der Waals surface area contributed by atoms with Gasteiger partial charge in [0, 0.05) is 11.4 Å². The molecule has 3 rings (SSSR count).